The van der Waals surface area contributed by atoms with Gasteiger partial charge in [-0.2, -0.15) is 0 Å². The molecule has 1 amide bonds. The molecule has 0 saturated carbocycles. The number of hydrogen-bond acceptors (Lipinski definition) is 5. The molecule has 2 aliphatic heterocycles. The maximum absolute atomic E-state index is 14.6. The predicted molar refractivity (Wildman–Crippen MR) is 126 cm³/mol. The number of nitrogens with one attached hydrogen (secondary N) is 1. The van der Waals surface area contributed by atoms with Crippen LogP contribution < -0.4 is 10.2 Å². The zero-order valence-electron chi connectivity index (χ0n) is 19.6. The Hall–Kier alpha value is -2.39. The van der Waals surface area contributed by atoms with Crippen LogP contribution in [0.5, 0.6) is 0 Å². The minimum Gasteiger partial charge on any atom is -0.378 e. The number of carbonyl (C=O) groups is 1. The number of hydrogen-bond donors (Lipinski definition) is 1. The normalized spacial score (nSPS) is 18.1. The number of halogens is 1. The molecule has 2 fully saturated rings. The van der Waals surface area contributed by atoms with Crippen LogP contribution in [-0.2, 0) is 16.1 Å². The predicted octanol–water partition coefficient (Wildman–Crippen LogP) is 1.22. The lowest BCUT2D eigenvalue weighted by Crippen LogP contribution is -2.54. The molecule has 2 aliphatic rings. The van der Waals surface area contributed by atoms with Crippen LogP contribution in [0.2, 0.25) is 0 Å². The highest BCUT2D eigenvalue weighted by atomic mass is 19.1. The molecule has 1 aromatic carbocycles. The topological polar surface area (TPSA) is 63.7 Å². The fraction of sp³-hybridized carbons (Fsp3) is 0.652. The lowest BCUT2D eigenvalue weighted by Gasteiger charge is -2.37. The van der Waals surface area contributed by atoms with Crippen LogP contribution in [0, 0.1) is 5.82 Å². The van der Waals surface area contributed by atoms with Gasteiger partial charge in [0.1, 0.15) is 5.82 Å². The zero-order chi connectivity index (χ0) is 22.9. The van der Waals surface area contributed by atoms with Crippen LogP contribution in [-0.4, -0.2) is 106 Å². The number of guanidine groups is 1. The first kappa shape index (κ1) is 24.3. The number of anilines is 1. The van der Waals surface area contributed by atoms with Gasteiger partial charge in [-0.3, -0.25) is 14.7 Å². The van der Waals surface area contributed by atoms with E-state index in [-0.39, 0.29) is 11.7 Å². The smallest absolute Gasteiger partial charge is 0.236 e. The van der Waals surface area contributed by atoms with Crippen LogP contribution in [0.15, 0.2) is 23.2 Å². The van der Waals surface area contributed by atoms with Crippen molar-refractivity contribution >= 4 is 17.6 Å². The molecule has 0 atom stereocenters. The summed E-state index contributed by atoms with van der Waals surface area (Å²) in [6.07, 6.45) is 0. The number of nitrogens with zero attached hydrogens (tertiary/aromatic N) is 5. The Bertz CT molecular complexity index is 772. The Morgan fingerprint density at radius 1 is 1.09 bits per heavy atom. The van der Waals surface area contributed by atoms with Crippen LogP contribution in [0.3, 0.4) is 0 Å². The van der Waals surface area contributed by atoms with E-state index in [2.05, 4.69) is 20.1 Å². The van der Waals surface area contributed by atoms with E-state index in [1.165, 1.54) is 0 Å². The molecule has 0 aromatic heterocycles. The van der Waals surface area contributed by atoms with Crippen LogP contribution in [0.25, 0.3) is 0 Å². The van der Waals surface area contributed by atoms with Gasteiger partial charge in [-0.1, -0.05) is 6.07 Å². The Labute approximate surface area is 191 Å². The Morgan fingerprint density at radius 3 is 2.38 bits per heavy atom. The molecule has 2 heterocycles. The minimum atomic E-state index is -0.193. The number of aliphatic imine (C=N–C) groups is 1. The summed E-state index contributed by atoms with van der Waals surface area (Å²) in [6, 6.07) is 5.42. The molecule has 9 heteroatoms. The molecule has 0 aliphatic carbocycles. The standard InChI is InChI=1S/C23H37FN6O2/c1-4-28(5-2)21-7-6-19(16-20(21)24)17-26-23(25-3)30-10-8-27(9-11-30)18-22(31)29-12-14-32-15-13-29/h6-7,16H,4-5,8-15,17-18H2,1-3H3,(H,25,26). The largest absolute Gasteiger partial charge is 0.378 e. The number of benzene rings is 1. The van der Waals surface area contributed by atoms with Crippen LogP contribution >= 0.6 is 0 Å². The summed E-state index contributed by atoms with van der Waals surface area (Å²) in [6.45, 7) is 12.4. The van der Waals surface area contributed by atoms with E-state index in [1.807, 2.05) is 35.8 Å². The van der Waals surface area contributed by atoms with Gasteiger partial charge in [0, 0.05) is 66.0 Å². The number of carbonyl (C=O) groups excluding carboxylic acids is 1. The highest BCUT2D eigenvalue weighted by Crippen LogP contribution is 2.20. The maximum atomic E-state index is 14.6. The highest BCUT2D eigenvalue weighted by Gasteiger charge is 2.24. The third-order valence-corrected chi connectivity index (χ3v) is 6.17. The molecule has 2 saturated heterocycles. The first-order valence-corrected chi connectivity index (χ1v) is 11.6. The molecule has 0 radical (unpaired) electrons. The number of piperazine rings is 1. The first-order valence-electron chi connectivity index (χ1n) is 11.6. The average molecular weight is 449 g/mol. The number of ether oxygens (including phenoxy) is 1. The Kier molecular flexibility index (Phi) is 9.11. The van der Waals surface area contributed by atoms with E-state index in [9.17, 15) is 9.18 Å². The fourth-order valence-corrected chi connectivity index (χ4v) is 4.22. The second-order valence-electron chi connectivity index (χ2n) is 8.12. The van der Waals surface area contributed by atoms with Crippen LogP contribution in [0.4, 0.5) is 10.1 Å². The Morgan fingerprint density at radius 2 is 1.78 bits per heavy atom. The maximum Gasteiger partial charge on any atom is 0.236 e. The van der Waals surface area contributed by atoms with Crippen molar-refractivity contribution in [2.45, 2.75) is 20.4 Å². The second kappa shape index (κ2) is 12.0. The molecule has 0 spiro atoms. The highest BCUT2D eigenvalue weighted by molar-refractivity contribution is 5.80. The fourth-order valence-electron chi connectivity index (χ4n) is 4.22. The van der Waals surface area contributed by atoms with Gasteiger partial charge in [0.2, 0.25) is 5.91 Å². The minimum absolute atomic E-state index is 0.180. The molecule has 1 aromatic rings. The van der Waals surface area contributed by atoms with Gasteiger partial charge in [0.15, 0.2) is 5.96 Å². The summed E-state index contributed by atoms with van der Waals surface area (Å²) in [5.74, 6) is 0.790. The number of amides is 1. The molecule has 0 bridgehead atoms. The lowest BCUT2D eigenvalue weighted by molar-refractivity contribution is -0.136. The average Bonchev–Trinajstić information content (AvgIpc) is 2.83. The third kappa shape index (κ3) is 6.32. The van der Waals surface area contributed by atoms with Gasteiger partial charge in [-0.15, -0.1) is 0 Å². The third-order valence-electron chi connectivity index (χ3n) is 6.17. The molecule has 8 nitrogen and oxygen atoms in total. The molecule has 1 N–H and O–H groups in total. The van der Waals surface area contributed by atoms with E-state index in [1.54, 1.807) is 13.1 Å². The lowest BCUT2D eigenvalue weighted by atomic mass is 10.1. The number of rotatable bonds is 7. The van der Waals surface area contributed by atoms with Crippen molar-refractivity contribution in [2.75, 3.05) is 84.1 Å². The van der Waals surface area contributed by atoms with E-state index in [0.717, 1.165) is 50.8 Å². The van der Waals surface area contributed by atoms with Crippen LogP contribution in [0.1, 0.15) is 19.4 Å². The monoisotopic (exact) mass is 448 g/mol. The summed E-state index contributed by atoms with van der Waals surface area (Å²) in [4.78, 5) is 25.2. The molecular weight excluding hydrogens is 411 g/mol. The molecule has 178 valence electrons. The first-order chi connectivity index (χ1) is 15.5. The van der Waals surface area contributed by atoms with Crippen molar-refractivity contribution in [3.05, 3.63) is 29.6 Å². The molecule has 32 heavy (non-hydrogen) atoms. The molecule has 0 unspecified atom stereocenters. The SMILES string of the molecule is CCN(CC)c1ccc(CNC(=NC)N2CCN(CC(=O)N3CCOCC3)CC2)cc1F. The van der Waals surface area contributed by atoms with Gasteiger partial charge in [-0.05, 0) is 31.5 Å². The van der Waals surface area contributed by atoms with Crippen molar-refractivity contribution in [3.63, 3.8) is 0 Å². The van der Waals surface area contributed by atoms with E-state index in [0.29, 0.717) is 45.1 Å². The van der Waals surface area contributed by atoms with Crippen molar-refractivity contribution in [1.82, 2.24) is 20.0 Å². The summed E-state index contributed by atoms with van der Waals surface area (Å²) < 4.78 is 19.9. The van der Waals surface area contributed by atoms with Crippen molar-refractivity contribution < 1.29 is 13.9 Å². The van der Waals surface area contributed by atoms with E-state index >= 15 is 0 Å². The van der Waals surface area contributed by atoms with Gasteiger partial charge in [0.05, 0.1) is 25.4 Å². The van der Waals surface area contributed by atoms with Crippen molar-refractivity contribution in [2.24, 2.45) is 4.99 Å². The van der Waals surface area contributed by atoms with E-state index < -0.39 is 0 Å². The van der Waals surface area contributed by atoms with Gasteiger partial charge < -0.3 is 24.8 Å². The van der Waals surface area contributed by atoms with Crippen molar-refractivity contribution in [3.8, 4) is 0 Å². The van der Waals surface area contributed by atoms with Gasteiger partial charge in [0.25, 0.3) is 0 Å². The van der Waals surface area contributed by atoms with Gasteiger partial charge in [-0.25, -0.2) is 4.39 Å². The van der Waals surface area contributed by atoms with Gasteiger partial charge >= 0.3 is 0 Å². The van der Waals surface area contributed by atoms with E-state index in [4.69, 9.17) is 4.74 Å². The molecule has 3 rings (SSSR count). The summed E-state index contributed by atoms with van der Waals surface area (Å²) in [7, 11) is 1.76. The molecular formula is C23H37FN6O2. The summed E-state index contributed by atoms with van der Waals surface area (Å²) >= 11 is 0. The van der Waals surface area contributed by atoms with Crippen molar-refractivity contribution in [1.29, 1.82) is 0 Å². The quantitative estimate of drug-likeness (QED) is 0.500. The zero-order valence-corrected chi connectivity index (χ0v) is 19.6. The summed E-state index contributed by atoms with van der Waals surface area (Å²) in [5, 5.41) is 3.35. The second-order valence-corrected chi connectivity index (χ2v) is 8.12. The number of morpholine rings is 1. The Balaban J connectivity index is 1.46. The summed E-state index contributed by atoms with van der Waals surface area (Å²) in [5.41, 5.74) is 1.53.